The zero-order valence-electron chi connectivity index (χ0n) is 12.8. The van der Waals surface area contributed by atoms with Gasteiger partial charge < -0.3 is 20.3 Å². The third-order valence-electron chi connectivity index (χ3n) is 3.95. The first kappa shape index (κ1) is 16.4. The molecule has 19 heavy (non-hydrogen) atoms. The summed E-state index contributed by atoms with van der Waals surface area (Å²) >= 11 is 0. The molecule has 1 aliphatic carbocycles. The van der Waals surface area contributed by atoms with Crippen molar-refractivity contribution < 1.29 is 9.53 Å². The van der Waals surface area contributed by atoms with Gasteiger partial charge >= 0.3 is 5.97 Å². The van der Waals surface area contributed by atoms with E-state index in [1.54, 1.807) is 0 Å². The Labute approximate surface area is 117 Å². The highest BCUT2D eigenvalue weighted by molar-refractivity contribution is 5.81. The summed E-state index contributed by atoms with van der Waals surface area (Å²) in [6.45, 7) is 4.35. The fourth-order valence-electron chi connectivity index (χ4n) is 2.70. The fourth-order valence-corrected chi connectivity index (χ4v) is 2.70. The van der Waals surface area contributed by atoms with E-state index in [1.807, 2.05) is 6.92 Å². The zero-order valence-corrected chi connectivity index (χ0v) is 12.8. The van der Waals surface area contributed by atoms with Gasteiger partial charge in [-0.2, -0.15) is 0 Å². The highest BCUT2D eigenvalue weighted by Crippen LogP contribution is 2.31. The zero-order chi connectivity index (χ0) is 14.5. The Kier molecular flexibility index (Phi) is 6.23. The minimum absolute atomic E-state index is 0.237. The SMILES string of the molecule is CCOC(=O)C1(N)CCC(N(C)CCCN(C)C)C1. The van der Waals surface area contributed by atoms with Gasteiger partial charge in [-0.3, -0.25) is 4.79 Å². The Morgan fingerprint density at radius 1 is 1.37 bits per heavy atom. The number of carbonyl (C=O) groups is 1. The molecule has 1 fully saturated rings. The highest BCUT2D eigenvalue weighted by atomic mass is 16.5. The lowest BCUT2D eigenvalue weighted by molar-refractivity contribution is -0.149. The van der Waals surface area contributed by atoms with Gasteiger partial charge in [0.1, 0.15) is 5.54 Å². The molecule has 0 saturated heterocycles. The van der Waals surface area contributed by atoms with Crippen molar-refractivity contribution in [3.63, 3.8) is 0 Å². The monoisotopic (exact) mass is 271 g/mol. The largest absolute Gasteiger partial charge is 0.465 e. The number of ether oxygens (including phenoxy) is 1. The van der Waals surface area contributed by atoms with E-state index in [4.69, 9.17) is 10.5 Å². The maximum Gasteiger partial charge on any atom is 0.326 e. The average Bonchev–Trinajstić information content (AvgIpc) is 2.73. The molecule has 0 aromatic rings. The maximum absolute atomic E-state index is 11.9. The second-order valence-corrected chi connectivity index (χ2v) is 5.91. The van der Waals surface area contributed by atoms with Crippen LogP contribution in [0.25, 0.3) is 0 Å². The van der Waals surface area contributed by atoms with Gasteiger partial charge in [0.25, 0.3) is 0 Å². The molecule has 0 aromatic heterocycles. The summed E-state index contributed by atoms with van der Waals surface area (Å²) in [7, 11) is 6.29. The van der Waals surface area contributed by atoms with Crippen LogP contribution in [0.15, 0.2) is 0 Å². The van der Waals surface area contributed by atoms with Crippen molar-refractivity contribution in [3.8, 4) is 0 Å². The lowest BCUT2D eigenvalue weighted by Crippen LogP contribution is -2.48. The first-order valence-corrected chi connectivity index (χ1v) is 7.20. The summed E-state index contributed by atoms with van der Waals surface area (Å²) in [6, 6.07) is 0.400. The molecule has 1 saturated carbocycles. The van der Waals surface area contributed by atoms with Crippen molar-refractivity contribution in [1.82, 2.24) is 9.80 Å². The Hall–Kier alpha value is -0.650. The minimum Gasteiger partial charge on any atom is -0.465 e. The van der Waals surface area contributed by atoms with Crippen LogP contribution in [-0.4, -0.2) is 68.2 Å². The van der Waals surface area contributed by atoms with Gasteiger partial charge in [0.15, 0.2) is 0 Å². The molecule has 2 atom stereocenters. The van der Waals surface area contributed by atoms with Crippen molar-refractivity contribution >= 4 is 5.97 Å². The molecular weight excluding hydrogens is 242 g/mol. The summed E-state index contributed by atoms with van der Waals surface area (Å²) in [4.78, 5) is 16.4. The molecule has 112 valence electrons. The molecule has 0 aliphatic heterocycles. The quantitative estimate of drug-likeness (QED) is 0.690. The second kappa shape index (κ2) is 7.22. The molecule has 0 bridgehead atoms. The van der Waals surface area contributed by atoms with E-state index in [1.165, 1.54) is 0 Å². The number of hydrogen-bond acceptors (Lipinski definition) is 5. The van der Waals surface area contributed by atoms with Gasteiger partial charge in [0, 0.05) is 6.04 Å². The maximum atomic E-state index is 11.9. The van der Waals surface area contributed by atoms with Crippen LogP contribution in [0.2, 0.25) is 0 Å². The Bertz CT molecular complexity index is 296. The first-order valence-electron chi connectivity index (χ1n) is 7.20. The van der Waals surface area contributed by atoms with Crippen molar-refractivity contribution in [1.29, 1.82) is 0 Å². The second-order valence-electron chi connectivity index (χ2n) is 5.91. The summed E-state index contributed by atoms with van der Waals surface area (Å²) in [5.41, 5.74) is 5.42. The smallest absolute Gasteiger partial charge is 0.326 e. The number of nitrogens with two attached hydrogens (primary N) is 1. The van der Waals surface area contributed by atoms with Crippen LogP contribution in [0.1, 0.15) is 32.6 Å². The topological polar surface area (TPSA) is 58.8 Å². The Balaban J connectivity index is 2.40. The predicted octanol–water partition coefficient (Wildman–Crippen LogP) is 0.683. The van der Waals surface area contributed by atoms with Crippen LogP contribution >= 0.6 is 0 Å². The van der Waals surface area contributed by atoms with E-state index in [9.17, 15) is 4.79 Å². The Morgan fingerprint density at radius 3 is 2.63 bits per heavy atom. The van der Waals surface area contributed by atoms with Gasteiger partial charge in [-0.25, -0.2) is 0 Å². The van der Waals surface area contributed by atoms with Crippen molar-refractivity contribution in [2.75, 3.05) is 40.8 Å². The van der Waals surface area contributed by atoms with E-state index in [0.717, 1.165) is 32.4 Å². The van der Waals surface area contributed by atoms with Crippen molar-refractivity contribution in [2.45, 2.75) is 44.2 Å². The average molecular weight is 271 g/mol. The van der Waals surface area contributed by atoms with E-state index in [0.29, 0.717) is 19.1 Å². The molecule has 0 spiro atoms. The molecular formula is C14H29N3O2. The van der Waals surface area contributed by atoms with Gasteiger partial charge in [-0.05, 0) is 66.8 Å². The molecule has 5 heteroatoms. The molecule has 1 aliphatic rings. The van der Waals surface area contributed by atoms with Crippen LogP contribution in [0.3, 0.4) is 0 Å². The number of rotatable bonds is 7. The van der Waals surface area contributed by atoms with Gasteiger partial charge in [-0.15, -0.1) is 0 Å². The molecule has 5 nitrogen and oxygen atoms in total. The van der Waals surface area contributed by atoms with E-state index >= 15 is 0 Å². The molecule has 0 amide bonds. The van der Waals surface area contributed by atoms with Crippen LogP contribution in [-0.2, 0) is 9.53 Å². The van der Waals surface area contributed by atoms with Gasteiger partial charge in [0.2, 0.25) is 0 Å². The van der Waals surface area contributed by atoms with Crippen LogP contribution in [0, 0.1) is 0 Å². The lowest BCUT2D eigenvalue weighted by atomic mass is 9.99. The summed E-state index contributed by atoms with van der Waals surface area (Å²) in [5.74, 6) is -0.237. The number of carbonyl (C=O) groups excluding carboxylic acids is 1. The van der Waals surface area contributed by atoms with Gasteiger partial charge in [0.05, 0.1) is 6.61 Å². The van der Waals surface area contributed by atoms with Crippen molar-refractivity contribution in [3.05, 3.63) is 0 Å². The molecule has 0 aromatic carbocycles. The van der Waals surface area contributed by atoms with E-state index in [-0.39, 0.29) is 5.97 Å². The summed E-state index contributed by atoms with van der Waals surface area (Å²) in [6.07, 6.45) is 3.56. The van der Waals surface area contributed by atoms with E-state index < -0.39 is 5.54 Å². The normalized spacial score (nSPS) is 27.2. The third kappa shape index (κ3) is 4.75. The molecule has 2 N–H and O–H groups in total. The minimum atomic E-state index is -0.767. The first-order chi connectivity index (χ1) is 8.89. The molecule has 0 radical (unpaired) electrons. The summed E-state index contributed by atoms with van der Waals surface area (Å²) in [5, 5.41) is 0. The van der Waals surface area contributed by atoms with Gasteiger partial charge in [-0.1, -0.05) is 0 Å². The van der Waals surface area contributed by atoms with E-state index in [2.05, 4.69) is 30.9 Å². The fraction of sp³-hybridized carbons (Fsp3) is 0.929. The lowest BCUT2D eigenvalue weighted by Gasteiger charge is -2.27. The summed E-state index contributed by atoms with van der Waals surface area (Å²) < 4.78 is 5.08. The molecule has 0 heterocycles. The Morgan fingerprint density at radius 2 is 2.05 bits per heavy atom. The molecule has 2 unspecified atom stereocenters. The highest BCUT2D eigenvalue weighted by Gasteiger charge is 2.44. The standard InChI is InChI=1S/C14H29N3O2/c1-5-19-13(18)14(15)8-7-12(11-14)17(4)10-6-9-16(2)3/h12H,5-11,15H2,1-4H3. The molecule has 1 rings (SSSR count). The number of nitrogens with zero attached hydrogens (tertiary/aromatic N) is 2. The van der Waals surface area contributed by atoms with Crippen LogP contribution < -0.4 is 5.73 Å². The predicted molar refractivity (Wildman–Crippen MR) is 77.0 cm³/mol. The van der Waals surface area contributed by atoms with Crippen LogP contribution in [0.4, 0.5) is 0 Å². The number of esters is 1. The van der Waals surface area contributed by atoms with Crippen LogP contribution in [0.5, 0.6) is 0 Å². The van der Waals surface area contributed by atoms with Crippen molar-refractivity contribution in [2.24, 2.45) is 5.73 Å². The number of hydrogen-bond donors (Lipinski definition) is 1. The third-order valence-corrected chi connectivity index (χ3v) is 3.95.